The second-order valence-electron chi connectivity index (χ2n) is 3.43. The highest BCUT2D eigenvalue weighted by molar-refractivity contribution is 9.10. The Morgan fingerprint density at radius 3 is 2.57 bits per heavy atom. The van der Waals surface area contributed by atoms with Crippen LogP contribution in [-0.2, 0) is 11.2 Å². The van der Waals surface area contributed by atoms with E-state index in [4.69, 9.17) is 5.11 Å². The molecule has 0 saturated carbocycles. The Bertz CT molecular complexity index is 347. The molecule has 0 spiro atoms. The number of benzene rings is 1. The number of aryl methyl sites for hydroxylation is 2. The van der Waals surface area contributed by atoms with Crippen LogP contribution in [0.2, 0.25) is 0 Å². The molecule has 14 heavy (non-hydrogen) atoms. The number of carboxylic acid groups (broad SMARTS) is 1. The highest BCUT2D eigenvalue weighted by Gasteiger charge is 2.13. The van der Waals surface area contributed by atoms with Gasteiger partial charge in [0.05, 0.1) is 0 Å². The maximum Gasteiger partial charge on any atom is 0.317 e. The minimum atomic E-state index is -0.816. The largest absolute Gasteiger partial charge is 0.480 e. The summed E-state index contributed by atoms with van der Waals surface area (Å²) >= 11 is 3.12. The molecule has 1 atom stereocenters. The van der Waals surface area contributed by atoms with Gasteiger partial charge in [-0.15, -0.1) is 0 Å². The zero-order valence-corrected chi connectivity index (χ0v) is 9.84. The monoisotopic (exact) mass is 256 g/mol. The highest BCUT2D eigenvalue weighted by atomic mass is 79.9. The van der Waals surface area contributed by atoms with Crippen LogP contribution in [0.4, 0.5) is 0 Å². The third kappa shape index (κ3) is 2.84. The standard InChI is InChI=1S/C11H13BrO2/c1-7-3-4-9(5-8(7)2)6-10(12)11(13)14/h3-5,10H,6H2,1-2H3,(H,13,14)/t10-/m1/s1. The second-order valence-corrected chi connectivity index (χ2v) is 4.53. The summed E-state index contributed by atoms with van der Waals surface area (Å²) in [5.41, 5.74) is 3.49. The summed E-state index contributed by atoms with van der Waals surface area (Å²) in [6.07, 6.45) is 0.524. The van der Waals surface area contributed by atoms with Gasteiger partial charge in [0, 0.05) is 0 Å². The number of aliphatic carboxylic acids is 1. The van der Waals surface area contributed by atoms with Gasteiger partial charge in [0.1, 0.15) is 4.83 Å². The van der Waals surface area contributed by atoms with Crippen molar-refractivity contribution in [1.82, 2.24) is 0 Å². The highest BCUT2D eigenvalue weighted by Crippen LogP contribution is 2.14. The number of halogens is 1. The Labute approximate surface area is 92.1 Å². The summed E-state index contributed by atoms with van der Waals surface area (Å²) in [6, 6.07) is 6.03. The summed E-state index contributed by atoms with van der Waals surface area (Å²) in [7, 11) is 0. The fourth-order valence-electron chi connectivity index (χ4n) is 1.22. The molecule has 0 aliphatic heterocycles. The zero-order chi connectivity index (χ0) is 10.7. The van der Waals surface area contributed by atoms with Crippen LogP contribution < -0.4 is 0 Å². The lowest BCUT2D eigenvalue weighted by Gasteiger charge is -2.07. The number of carbonyl (C=O) groups is 1. The van der Waals surface area contributed by atoms with E-state index in [-0.39, 0.29) is 0 Å². The van der Waals surface area contributed by atoms with Gasteiger partial charge in [-0.25, -0.2) is 0 Å². The fourth-order valence-corrected chi connectivity index (χ4v) is 1.60. The van der Waals surface area contributed by atoms with Gasteiger partial charge < -0.3 is 5.11 Å². The number of carboxylic acids is 1. The van der Waals surface area contributed by atoms with Crippen molar-refractivity contribution >= 4 is 21.9 Å². The van der Waals surface area contributed by atoms with E-state index >= 15 is 0 Å². The molecular formula is C11H13BrO2. The molecular weight excluding hydrogens is 244 g/mol. The average molecular weight is 257 g/mol. The lowest BCUT2D eigenvalue weighted by Crippen LogP contribution is -2.15. The molecule has 0 unspecified atom stereocenters. The summed E-state index contributed by atoms with van der Waals surface area (Å²) in [6.45, 7) is 4.07. The van der Waals surface area contributed by atoms with Crippen LogP contribution in [0.25, 0.3) is 0 Å². The SMILES string of the molecule is Cc1ccc(C[C@@H](Br)C(=O)O)cc1C. The van der Waals surface area contributed by atoms with Crippen LogP contribution in [0.15, 0.2) is 18.2 Å². The molecule has 0 aliphatic carbocycles. The normalized spacial score (nSPS) is 12.5. The third-order valence-electron chi connectivity index (χ3n) is 2.25. The quantitative estimate of drug-likeness (QED) is 0.845. The maximum atomic E-state index is 10.6. The van der Waals surface area contributed by atoms with Crippen LogP contribution in [0.1, 0.15) is 16.7 Å². The van der Waals surface area contributed by atoms with Crippen molar-refractivity contribution in [3.63, 3.8) is 0 Å². The molecule has 3 heteroatoms. The lowest BCUT2D eigenvalue weighted by molar-refractivity contribution is -0.136. The average Bonchev–Trinajstić information content (AvgIpc) is 2.11. The predicted molar refractivity (Wildman–Crippen MR) is 60.0 cm³/mol. The molecule has 0 heterocycles. The summed E-state index contributed by atoms with van der Waals surface area (Å²) in [4.78, 5) is 10.1. The van der Waals surface area contributed by atoms with Crippen LogP contribution in [-0.4, -0.2) is 15.9 Å². The van der Waals surface area contributed by atoms with E-state index in [2.05, 4.69) is 15.9 Å². The minimum Gasteiger partial charge on any atom is -0.480 e. The number of hydrogen-bond acceptors (Lipinski definition) is 1. The maximum absolute atomic E-state index is 10.6. The van der Waals surface area contributed by atoms with Crippen LogP contribution in [0.3, 0.4) is 0 Å². The van der Waals surface area contributed by atoms with Crippen molar-refractivity contribution < 1.29 is 9.90 Å². The van der Waals surface area contributed by atoms with Gasteiger partial charge in [-0.1, -0.05) is 34.1 Å². The van der Waals surface area contributed by atoms with Crippen LogP contribution in [0.5, 0.6) is 0 Å². The van der Waals surface area contributed by atoms with E-state index in [1.54, 1.807) is 0 Å². The molecule has 2 nitrogen and oxygen atoms in total. The molecule has 1 N–H and O–H groups in total. The molecule has 0 amide bonds. The predicted octanol–water partition coefficient (Wildman–Crippen LogP) is 2.69. The van der Waals surface area contributed by atoms with Gasteiger partial charge in [-0.2, -0.15) is 0 Å². The molecule has 1 aromatic rings. The van der Waals surface area contributed by atoms with Gasteiger partial charge in [-0.05, 0) is 37.0 Å². The van der Waals surface area contributed by atoms with E-state index in [0.717, 1.165) is 5.56 Å². The molecule has 0 radical (unpaired) electrons. The van der Waals surface area contributed by atoms with Crippen LogP contribution in [0, 0.1) is 13.8 Å². The van der Waals surface area contributed by atoms with E-state index in [1.807, 2.05) is 32.0 Å². The van der Waals surface area contributed by atoms with E-state index in [9.17, 15) is 4.79 Å². The molecule has 0 fully saturated rings. The van der Waals surface area contributed by atoms with Crippen molar-refractivity contribution in [3.05, 3.63) is 34.9 Å². The summed E-state index contributed by atoms with van der Waals surface area (Å²) in [5, 5.41) is 8.72. The van der Waals surface area contributed by atoms with Crippen molar-refractivity contribution in [3.8, 4) is 0 Å². The lowest BCUT2D eigenvalue weighted by atomic mass is 10.0. The van der Waals surface area contributed by atoms with Gasteiger partial charge in [0.25, 0.3) is 0 Å². The van der Waals surface area contributed by atoms with Crippen molar-refractivity contribution in [1.29, 1.82) is 0 Å². The van der Waals surface area contributed by atoms with Crippen molar-refractivity contribution in [2.45, 2.75) is 25.1 Å². The number of hydrogen-bond donors (Lipinski definition) is 1. The van der Waals surface area contributed by atoms with E-state index in [0.29, 0.717) is 6.42 Å². The number of alkyl halides is 1. The first kappa shape index (κ1) is 11.2. The smallest absolute Gasteiger partial charge is 0.317 e. The molecule has 1 aromatic carbocycles. The zero-order valence-electron chi connectivity index (χ0n) is 8.25. The topological polar surface area (TPSA) is 37.3 Å². The Morgan fingerprint density at radius 1 is 1.43 bits per heavy atom. The first-order valence-corrected chi connectivity index (χ1v) is 5.35. The molecule has 76 valence electrons. The summed E-state index contributed by atoms with van der Waals surface area (Å²) < 4.78 is 0. The van der Waals surface area contributed by atoms with Crippen molar-refractivity contribution in [2.75, 3.05) is 0 Å². The molecule has 1 rings (SSSR count). The Morgan fingerprint density at radius 2 is 2.07 bits per heavy atom. The molecule has 0 saturated heterocycles. The fraction of sp³-hybridized carbons (Fsp3) is 0.364. The van der Waals surface area contributed by atoms with Gasteiger partial charge in [0.2, 0.25) is 0 Å². The second kappa shape index (κ2) is 4.60. The number of rotatable bonds is 3. The Balaban J connectivity index is 2.78. The molecule has 0 aliphatic rings. The van der Waals surface area contributed by atoms with Crippen LogP contribution >= 0.6 is 15.9 Å². The van der Waals surface area contributed by atoms with E-state index in [1.165, 1.54) is 11.1 Å². The summed E-state index contributed by atoms with van der Waals surface area (Å²) in [5.74, 6) is -0.816. The first-order valence-electron chi connectivity index (χ1n) is 4.43. The first-order chi connectivity index (χ1) is 6.50. The van der Waals surface area contributed by atoms with Gasteiger partial charge >= 0.3 is 5.97 Å². The molecule has 0 aromatic heterocycles. The van der Waals surface area contributed by atoms with E-state index < -0.39 is 10.8 Å². The Hall–Kier alpha value is -0.830. The minimum absolute atomic E-state index is 0.496. The molecule has 0 bridgehead atoms. The Kier molecular flexibility index (Phi) is 3.69. The van der Waals surface area contributed by atoms with Gasteiger partial charge in [-0.3, -0.25) is 4.79 Å². The van der Waals surface area contributed by atoms with Gasteiger partial charge in [0.15, 0.2) is 0 Å². The third-order valence-corrected chi connectivity index (χ3v) is 2.97. The van der Waals surface area contributed by atoms with Crippen molar-refractivity contribution in [2.24, 2.45) is 0 Å².